The van der Waals surface area contributed by atoms with E-state index in [-0.39, 0.29) is 11.3 Å². The van der Waals surface area contributed by atoms with Crippen LogP contribution in [-0.4, -0.2) is 19.3 Å². The predicted octanol–water partition coefficient (Wildman–Crippen LogP) is 4.20. The molecule has 0 unspecified atom stereocenters. The van der Waals surface area contributed by atoms with E-state index in [0.29, 0.717) is 18.6 Å². The first-order valence-corrected chi connectivity index (χ1v) is 7.78. The zero-order valence-electron chi connectivity index (χ0n) is 12.8. The van der Waals surface area contributed by atoms with Crippen molar-refractivity contribution in [3.63, 3.8) is 0 Å². The van der Waals surface area contributed by atoms with Crippen LogP contribution in [0.25, 0.3) is 0 Å². The average Bonchev–Trinajstić information content (AvgIpc) is 2.55. The molecule has 1 aromatic rings. The van der Waals surface area contributed by atoms with Crippen LogP contribution in [0.4, 0.5) is 8.78 Å². The lowest BCUT2D eigenvalue weighted by Crippen LogP contribution is -2.25. The first-order valence-electron chi connectivity index (χ1n) is 7.78. The summed E-state index contributed by atoms with van der Waals surface area (Å²) in [5.41, 5.74) is -0.307. The molecule has 0 radical (unpaired) electrons. The van der Waals surface area contributed by atoms with Crippen molar-refractivity contribution >= 4 is 0 Å². The average molecular weight is 309 g/mol. The number of nitriles is 1. The molecule has 0 atom stereocenters. The molecule has 0 spiro atoms. The second-order valence-corrected chi connectivity index (χ2v) is 5.68. The van der Waals surface area contributed by atoms with Crippen molar-refractivity contribution in [2.75, 3.05) is 13.2 Å². The SMILES string of the molecule is CCCOC1CCC(COc2ccc(C#N)c(F)c2F)CC1. The van der Waals surface area contributed by atoms with E-state index in [1.54, 1.807) is 6.07 Å². The van der Waals surface area contributed by atoms with Crippen LogP contribution in [0.2, 0.25) is 0 Å². The van der Waals surface area contributed by atoms with Crippen LogP contribution in [0.3, 0.4) is 0 Å². The fourth-order valence-electron chi connectivity index (χ4n) is 2.69. The first kappa shape index (κ1) is 16.7. The molecule has 0 bridgehead atoms. The van der Waals surface area contributed by atoms with E-state index in [2.05, 4.69) is 6.92 Å². The first-order chi connectivity index (χ1) is 10.7. The summed E-state index contributed by atoms with van der Waals surface area (Å²) in [5.74, 6) is -2.02. The second kappa shape index (κ2) is 8.09. The molecule has 0 N–H and O–H groups in total. The summed E-state index contributed by atoms with van der Waals surface area (Å²) in [6.07, 6.45) is 5.24. The minimum absolute atomic E-state index is 0.124. The number of ether oxygens (including phenoxy) is 2. The van der Waals surface area contributed by atoms with Gasteiger partial charge >= 0.3 is 0 Å². The molecule has 0 heterocycles. The largest absolute Gasteiger partial charge is 0.490 e. The quantitative estimate of drug-likeness (QED) is 0.791. The molecule has 0 aromatic heterocycles. The van der Waals surface area contributed by atoms with Gasteiger partial charge in [0.25, 0.3) is 0 Å². The highest BCUT2D eigenvalue weighted by atomic mass is 19.2. The highest BCUT2D eigenvalue weighted by Gasteiger charge is 2.23. The van der Waals surface area contributed by atoms with E-state index >= 15 is 0 Å². The number of hydrogen-bond acceptors (Lipinski definition) is 3. The minimum Gasteiger partial charge on any atom is -0.490 e. The van der Waals surface area contributed by atoms with Crippen LogP contribution in [0, 0.1) is 28.9 Å². The molecule has 3 nitrogen and oxygen atoms in total. The van der Waals surface area contributed by atoms with Gasteiger partial charge in [0.05, 0.1) is 18.3 Å². The Morgan fingerprint density at radius 1 is 1.18 bits per heavy atom. The van der Waals surface area contributed by atoms with Crippen LogP contribution >= 0.6 is 0 Å². The van der Waals surface area contributed by atoms with Gasteiger partial charge in [-0.05, 0) is 50.2 Å². The van der Waals surface area contributed by atoms with Crippen LogP contribution in [0.15, 0.2) is 12.1 Å². The van der Waals surface area contributed by atoms with Gasteiger partial charge in [0.15, 0.2) is 11.6 Å². The molecule has 5 heteroatoms. The molecule has 1 saturated carbocycles. The highest BCUT2D eigenvalue weighted by Crippen LogP contribution is 2.28. The number of rotatable bonds is 6. The third-order valence-electron chi connectivity index (χ3n) is 3.99. The molecule has 0 amide bonds. The Kier molecular flexibility index (Phi) is 6.14. The van der Waals surface area contributed by atoms with Crippen LogP contribution in [0.5, 0.6) is 5.75 Å². The van der Waals surface area contributed by atoms with E-state index in [4.69, 9.17) is 14.7 Å². The van der Waals surface area contributed by atoms with Crippen molar-refractivity contribution in [3.8, 4) is 11.8 Å². The van der Waals surface area contributed by atoms with Crippen LogP contribution < -0.4 is 4.74 Å². The maximum atomic E-state index is 13.7. The van der Waals surface area contributed by atoms with E-state index in [1.807, 2.05) is 0 Å². The van der Waals surface area contributed by atoms with Gasteiger partial charge in [0.2, 0.25) is 5.82 Å². The molecular weight excluding hydrogens is 288 g/mol. The molecule has 120 valence electrons. The Bertz CT molecular complexity index is 534. The molecular formula is C17H21F2NO2. The summed E-state index contributed by atoms with van der Waals surface area (Å²) in [5, 5.41) is 8.64. The lowest BCUT2D eigenvalue weighted by atomic mass is 9.88. The smallest absolute Gasteiger partial charge is 0.201 e. The summed E-state index contributed by atoms with van der Waals surface area (Å²) in [7, 11) is 0. The molecule has 1 aliphatic carbocycles. The third kappa shape index (κ3) is 4.17. The standard InChI is InChI=1S/C17H21F2NO2/c1-2-9-21-14-6-3-12(4-7-14)11-22-15-8-5-13(10-20)16(18)17(15)19/h5,8,12,14H,2-4,6-7,9,11H2,1H3. The maximum absolute atomic E-state index is 13.7. The van der Waals surface area contributed by atoms with Gasteiger partial charge in [-0.1, -0.05) is 6.92 Å². The monoisotopic (exact) mass is 309 g/mol. The Balaban J connectivity index is 1.82. The van der Waals surface area contributed by atoms with Crippen molar-refractivity contribution in [1.29, 1.82) is 5.26 Å². The maximum Gasteiger partial charge on any atom is 0.201 e. The predicted molar refractivity (Wildman–Crippen MR) is 78.6 cm³/mol. The highest BCUT2D eigenvalue weighted by molar-refractivity contribution is 5.37. The molecule has 1 aliphatic rings. The third-order valence-corrected chi connectivity index (χ3v) is 3.99. The summed E-state index contributed by atoms with van der Waals surface area (Å²) in [6, 6.07) is 4.16. The lowest BCUT2D eigenvalue weighted by molar-refractivity contribution is 0.0130. The zero-order valence-corrected chi connectivity index (χ0v) is 12.8. The fraction of sp³-hybridized carbons (Fsp3) is 0.588. The van der Waals surface area contributed by atoms with E-state index in [1.165, 1.54) is 12.1 Å². The molecule has 2 rings (SSSR count). The Morgan fingerprint density at radius 2 is 1.91 bits per heavy atom. The van der Waals surface area contributed by atoms with Gasteiger partial charge in [-0.15, -0.1) is 0 Å². The Hall–Kier alpha value is -1.67. The molecule has 1 fully saturated rings. The van der Waals surface area contributed by atoms with Gasteiger partial charge in [0, 0.05) is 6.61 Å². The fourth-order valence-corrected chi connectivity index (χ4v) is 2.69. The number of nitrogens with zero attached hydrogens (tertiary/aromatic N) is 1. The Morgan fingerprint density at radius 3 is 2.55 bits per heavy atom. The summed E-state index contributed by atoms with van der Waals surface area (Å²) >= 11 is 0. The van der Waals surface area contributed by atoms with E-state index in [0.717, 1.165) is 38.7 Å². The van der Waals surface area contributed by atoms with Crippen molar-refractivity contribution in [2.45, 2.75) is 45.1 Å². The molecule has 1 aromatic carbocycles. The van der Waals surface area contributed by atoms with Crippen LogP contribution in [0.1, 0.15) is 44.6 Å². The van der Waals surface area contributed by atoms with E-state index < -0.39 is 11.6 Å². The summed E-state index contributed by atoms with van der Waals surface area (Å²) in [4.78, 5) is 0. The summed E-state index contributed by atoms with van der Waals surface area (Å²) in [6.45, 7) is 3.25. The number of benzene rings is 1. The number of hydrogen-bond donors (Lipinski definition) is 0. The van der Waals surface area contributed by atoms with Gasteiger partial charge in [0.1, 0.15) is 6.07 Å². The minimum atomic E-state index is -1.14. The lowest BCUT2D eigenvalue weighted by Gasteiger charge is -2.28. The zero-order chi connectivity index (χ0) is 15.9. The molecule has 0 saturated heterocycles. The molecule has 0 aliphatic heterocycles. The topological polar surface area (TPSA) is 42.2 Å². The van der Waals surface area contributed by atoms with Crippen LogP contribution in [-0.2, 0) is 4.74 Å². The van der Waals surface area contributed by atoms with Gasteiger partial charge in [-0.25, -0.2) is 4.39 Å². The van der Waals surface area contributed by atoms with Crippen molar-refractivity contribution in [1.82, 2.24) is 0 Å². The van der Waals surface area contributed by atoms with Gasteiger partial charge in [-0.2, -0.15) is 9.65 Å². The van der Waals surface area contributed by atoms with Crippen molar-refractivity contribution in [3.05, 3.63) is 29.3 Å². The molecule has 22 heavy (non-hydrogen) atoms. The summed E-state index contributed by atoms with van der Waals surface area (Å²) < 4.78 is 38.4. The number of halogens is 2. The van der Waals surface area contributed by atoms with Crippen molar-refractivity contribution in [2.24, 2.45) is 5.92 Å². The van der Waals surface area contributed by atoms with Crippen molar-refractivity contribution < 1.29 is 18.3 Å². The Labute approximate surface area is 129 Å². The van der Waals surface area contributed by atoms with E-state index in [9.17, 15) is 8.78 Å². The van der Waals surface area contributed by atoms with Gasteiger partial charge < -0.3 is 9.47 Å². The second-order valence-electron chi connectivity index (χ2n) is 5.68. The normalized spacial score (nSPS) is 21.4. The van der Waals surface area contributed by atoms with Gasteiger partial charge in [-0.3, -0.25) is 0 Å².